The number of piperidine rings is 1. The molecule has 1 aromatic carbocycles. The molecule has 4 aliphatic heterocycles. The van der Waals surface area contributed by atoms with E-state index in [1.807, 2.05) is 6.07 Å². The van der Waals surface area contributed by atoms with E-state index >= 15 is 0 Å². The van der Waals surface area contributed by atoms with Crippen LogP contribution in [0.15, 0.2) is 29.3 Å². The van der Waals surface area contributed by atoms with Crippen molar-refractivity contribution >= 4 is 5.82 Å². The highest BCUT2D eigenvalue weighted by Gasteiger charge is 2.40. The van der Waals surface area contributed by atoms with E-state index < -0.39 is 29.3 Å². The number of pyridine rings is 1. The lowest BCUT2D eigenvalue weighted by Crippen LogP contribution is -2.40. The van der Waals surface area contributed by atoms with Gasteiger partial charge in [0.15, 0.2) is 5.49 Å². The molecule has 0 bridgehead atoms. The van der Waals surface area contributed by atoms with E-state index in [0.29, 0.717) is 48.6 Å². The summed E-state index contributed by atoms with van der Waals surface area (Å²) in [6, 6.07) is 7.76. The van der Waals surface area contributed by atoms with Crippen molar-refractivity contribution in [2.24, 2.45) is 4.99 Å². The molecule has 1 saturated heterocycles. The summed E-state index contributed by atoms with van der Waals surface area (Å²) in [5.41, 5.74) is 0.686. The predicted molar refractivity (Wildman–Crippen MR) is 129 cm³/mol. The summed E-state index contributed by atoms with van der Waals surface area (Å²) in [5, 5.41) is 13.8. The number of benzene rings is 1. The zero-order valence-corrected chi connectivity index (χ0v) is 20.5. The van der Waals surface area contributed by atoms with Crippen LogP contribution in [0.3, 0.4) is 0 Å². The molecule has 0 aromatic heterocycles. The van der Waals surface area contributed by atoms with Crippen LogP contribution < -0.4 is 10.8 Å². The lowest BCUT2D eigenvalue weighted by Gasteiger charge is -2.37. The Hall–Kier alpha value is -3.45. The number of aromatic nitrogens is 3. The van der Waals surface area contributed by atoms with Gasteiger partial charge in [0.25, 0.3) is 6.43 Å². The molecule has 7 nitrogen and oxygen atoms in total. The van der Waals surface area contributed by atoms with Crippen LogP contribution in [0.4, 0.5) is 19.0 Å². The number of nitriles is 1. The largest absolute Gasteiger partial charge is 0.369 e. The Morgan fingerprint density at radius 1 is 1.17 bits per heavy atom. The highest BCUT2D eigenvalue weighted by Crippen LogP contribution is 2.42. The number of nitrogens with zero attached hydrogens (tertiary/aromatic N) is 6. The van der Waals surface area contributed by atoms with Crippen molar-refractivity contribution in [3.05, 3.63) is 58.1 Å². The van der Waals surface area contributed by atoms with Gasteiger partial charge in [0.1, 0.15) is 23.3 Å². The number of aryl methyl sites for hydroxylation is 1. The van der Waals surface area contributed by atoms with Crippen molar-refractivity contribution in [3.63, 3.8) is 0 Å². The smallest absolute Gasteiger partial charge is 0.266 e. The zero-order chi connectivity index (χ0) is 25.6. The Morgan fingerprint density at radius 3 is 2.58 bits per heavy atom. The molecule has 4 heterocycles. The number of hydrogen-bond donors (Lipinski definition) is 1. The van der Waals surface area contributed by atoms with Gasteiger partial charge in [-0.2, -0.15) is 5.26 Å². The van der Waals surface area contributed by atoms with Crippen LogP contribution in [0.25, 0.3) is 11.4 Å². The van der Waals surface area contributed by atoms with Crippen LogP contribution in [0, 0.1) is 24.1 Å². The molecule has 1 atom stereocenters. The molecule has 1 aromatic rings. The molecule has 5 rings (SSSR count). The zero-order valence-electron chi connectivity index (χ0n) is 20.5. The monoisotopic (exact) mass is 495 g/mol. The molecular weight excluding hydrogens is 467 g/mol. The number of hydrogen-bond acceptors (Lipinski definition) is 6. The van der Waals surface area contributed by atoms with Gasteiger partial charge in [-0.15, -0.1) is 0 Å². The molecule has 36 heavy (non-hydrogen) atoms. The minimum absolute atomic E-state index is 0.0803. The molecular formula is C26H28F3N7. The molecule has 0 aliphatic carbocycles. The van der Waals surface area contributed by atoms with Crippen molar-refractivity contribution in [3.8, 4) is 17.5 Å². The molecule has 0 radical (unpaired) electrons. The van der Waals surface area contributed by atoms with Crippen molar-refractivity contribution < 1.29 is 13.2 Å². The molecule has 0 saturated carbocycles. The van der Waals surface area contributed by atoms with Crippen LogP contribution in [-0.2, 0) is 12.0 Å². The molecule has 0 amide bonds. The van der Waals surface area contributed by atoms with Crippen molar-refractivity contribution in [2.45, 2.75) is 51.1 Å². The van der Waals surface area contributed by atoms with Gasteiger partial charge in [0, 0.05) is 24.2 Å². The van der Waals surface area contributed by atoms with Crippen LogP contribution >= 0.6 is 0 Å². The average Bonchev–Trinajstić information content (AvgIpc) is 3.35. The lowest BCUT2D eigenvalue weighted by atomic mass is 9.73. The van der Waals surface area contributed by atoms with Crippen LogP contribution in [0.1, 0.15) is 54.7 Å². The first-order valence-corrected chi connectivity index (χ1v) is 12.1. The Morgan fingerprint density at radius 2 is 1.89 bits per heavy atom. The Balaban J connectivity index is 1.71. The van der Waals surface area contributed by atoms with Gasteiger partial charge in [-0.05, 0) is 52.9 Å². The molecule has 10 heteroatoms. The average molecular weight is 496 g/mol. The fourth-order valence-electron chi connectivity index (χ4n) is 5.26. The summed E-state index contributed by atoms with van der Waals surface area (Å²) in [6.45, 7) is 6.43. The normalized spacial score (nSPS) is 18.8. The van der Waals surface area contributed by atoms with Gasteiger partial charge in [-0.1, -0.05) is 18.2 Å². The quantitative estimate of drug-likeness (QED) is 0.582. The summed E-state index contributed by atoms with van der Waals surface area (Å²) in [6.07, 6.45) is -1.52. The van der Waals surface area contributed by atoms with Crippen LogP contribution in [0.5, 0.6) is 0 Å². The summed E-state index contributed by atoms with van der Waals surface area (Å²) in [5.74, 6) is 1.12. The maximum absolute atomic E-state index is 14.9. The molecule has 4 aliphatic rings. The second kappa shape index (κ2) is 9.21. The van der Waals surface area contributed by atoms with Crippen LogP contribution in [-0.4, -0.2) is 46.1 Å². The maximum atomic E-state index is 14.9. The van der Waals surface area contributed by atoms with E-state index in [1.165, 1.54) is 12.1 Å². The summed E-state index contributed by atoms with van der Waals surface area (Å²) in [4.78, 5) is 16.1. The fourth-order valence-corrected chi connectivity index (χ4v) is 5.26. The minimum atomic E-state index is -2.91. The SMILES string of the molecule is Cc1nc2n3c(c(C4(C#N)CCN(C)CC4)cc-2c(=N[C@H](C)c2cccc(C(F)F)c2F)n1)NCC3. The summed E-state index contributed by atoms with van der Waals surface area (Å²) in [7, 11) is 2.05. The van der Waals surface area contributed by atoms with E-state index in [4.69, 9.17) is 4.99 Å². The predicted octanol–water partition coefficient (Wildman–Crippen LogP) is 4.34. The molecule has 188 valence electrons. The van der Waals surface area contributed by atoms with Crippen molar-refractivity contribution in [1.29, 1.82) is 5.26 Å². The first-order valence-electron chi connectivity index (χ1n) is 12.1. The second-order valence-corrected chi connectivity index (χ2v) is 9.67. The standard InChI is InChI=1S/C26H28F3N7/c1-15(17-5-4-6-18(21(17)27)22(28)29)32-23-19-13-20(26(14-30)7-10-35(3)11-8-26)25-31-9-12-36(25)24(19)34-16(2)33-23/h4-6,13,15,22,31H,7-12H2,1-3H3/t15-/m1/s1. The highest BCUT2D eigenvalue weighted by atomic mass is 19.3. The molecule has 1 N–H and O–H groups in total. The second-order valence-electron chi connectivity index (χ2n) is 9.67. The topological polar surface area (TPSA) is 82.1 Å². The number of likely N-dealkylation sites (tertiary alicyclic amines) is 1. The van der Waals surface area contributed by atoms with Crippen molar-refractivity contribution in [2.75, 3.05) is 32.0 Å². The maximum Gasteiger partial charge on any atom is 0.266 e. The Bertz CT molecular complexity index is 1380. The third kappa shape index (κ3) is 4.01. The van der Waals surface area contributed by atoms with Crippen LogP contribution in [0.2, 0.25) is 0 Å². The van der Waals surface area contributed by atoms with Crippen molar-refractivity contribution in [1.82, 2.24) is 19.4 Å². The molecule has 0 spiro atoms. The Kier molecular flexibility index (Phi) is 6.20. The summed E-state index contributed by atoms with van der Waals surface area (Å²) < 4.78 is 43.5. The number of rotatable bonds is 4. The van der Waals surface area contributed by atoms with Gasteiger partial charge in [0.05, 0.1) is 28.7 Å². The van der Waals surface area contributed by atoms with E-state index in [2.05, 4.69) is 37.9 Å². The third-order valence-electron chi connectivity index (χ3n) is 7.34. The fraction of sp³-hybridized carbons (Fsp3) is 0.462. The molecule has 1 fully saturated rings. The number of halogens is 3. The van der Waals surface area contributed by atoms with E-state index in [0.717, 1.165) is 30.5 Å². The van der Waals surface area contributed by atoms with Gasteiger partial charge < -0.3 is 14.8 Å². The van der Waals surface area contributed by atoms with Gasteiger partial charge in [-0.25, -0.2) is 23.1 Å². The first kappa shape index (κ1) is 24.3. The van der Waals surface area contributed by atoms with Gasteiger partial charge >= 0.3 is 0 Å². The number of anilines is 1. The van der Waals surface area contributed by atoms with Gasteiger partial charge in [-0.3, -0.25) is 4.99 Å². The van der Waals surface area contributed by atoms with E-state index in [-0.39, 0.29) is 5.56 Å². The Labute approximate surface area is 207 Å². The number of alkyl halides is 2. The first-order chi connectivity index (χ1) is 17.2. The highest BCUT2D eigenvalue weighted by molar-refractivity contribution is 5.68. The molecule has 0 unspecified atom stereocenters. The van der Waals surface area contributed by atoms with E-state index in [1.54, 1.807) is 13.8 Å². The third-order valence-corrected chi connectivity index (χ3v) is 7.34. The minimum Gasteiger partial charge on any atom is -0.369 e. The van der Waals surface area contributed by atoms with E-state index in [9.17, 15) is 18.4 Å². The van der Waals surface area contributed by atoms with Gasteiger partial charge in [0.2, 0.25) is 0 Å². The number of nitrogens with one attached hydrogen (secondary N) is 1. The number of fused-ring (bicyclic) bond motifs is 3. The summed E-state index contributed by atoms with van der Waals surface area (Å²) >= 11 is 0. The lowest BCUT2D eigenvalue weighted by molar-refractivity contribution is 0.146.